The summed E-state index contributed by atoms with van der Waals surface area (Å²) in [6.07, 6.45) is 3.08. The molecule has 13 heavy (non-hydrogen) atoms. The van der Waals surface area contributed by atoms with E-state index in [1.54, 1.807) is 18.9 Å². The Hall–Kier alpha value is -0.150. The van der Waals surface area contributed by atoms with Crippen molar-refractivity contribution in [2.24, 2.45) is 0 Å². The standard InChI is InChI=1S/C10H13BrOS/c1-4-7-5-10(13-3)8(11)6-9(7)12-2/h5-6H,4H2,1-3H3. The molecule has 0 spiro atoms. The van der Waals surface area contributed by atoms with Crippen molar-refractivity contribution in [1.29, 1.82) is 0 Å². The number of rotatable bonds is 3. The second-order valence-corrected chi connectivity index (χ2v) is 4.35. The van der Waals surface area contributed by atoms with E-state index in [9.17, 15) is 0 Å². The molecule has 1 rings (SSSR count). The van der Waals surface area contributed by atoms with Gasteiger partial charge in [0.2, 0.25) is 0 Å². The van der Waals surface area contributed by atoms with Crippen LogP contribution in [0.5, 0.6) is 5.75 Å². The van der Waals surface area contributed by atoms with E-state index in [1.807, 2.05) is 6.07 Å². The molecule has 0 heterocycles. The molecule has 1 aromatic carbocycles. The second-order valence-electron chi connectivity index (χ2n) is 2.65. The molecule has 0 aliphatic heterocycles. The van der Waals surface area contributed by atoms with Gasteiger partial charge in [-0.1, -0.05) is 6.92 Å². The fourth-order valence-electron chi connectivity index (χ4n) is 1.20. The first kappa shape index (κ1) is 10.9. The molecule has 0 fully saturated rings. The number of thioether (sulfide) groups is 1. The molecule has 0 amide bonds. The predicted molar refractivity (Wildman–Crippen MR) is 61.9 cm³/mol. The summed E-state index contributed by atoms with van der Waals surface area (Å²) in [4.78, 5) is 1.26. The monoisotopic (exact) mass is 260 g/mol. The summed E-state index contributed by atoms with van der Waals surface area (Å²) in [7, 11) is 1.71. The van der Waals surface area contributed by atoms with E-state index in [-0.39, 0.29) is 0 Å². The number of benzene rings is 1. The average Bonchev–Trinajstić information content (AvgIpc) is 2.17. The van der Waals surface area contributed by atoms with E-state index >= 15 is 0 Å². The molecule has 0 N–H and O–H groups in total. The normalized spacial score (nSPS) is 10.2. The van der Waals surface area contributed by atoms with E-state index in [0.29, 0.717) is 0 Å². The second kappa shape index (κ2) is 4.91. The highest BCUT2D eigenvalue weighted by molar-refractivity contribution is 9.10. The maximum atomic E-state index is 5.28. The van der Waals surface area contributed by atoms with E-state index in [4.69, 9.17) is 4.74 Å². The number of aryl methyl sites for hydroxylation is 1. The summed E-state index contributed by atoms with van der Waals surface area (Å²) < 4.78 is 6.38. The number of hydrogen-bond donors (Lipinski definition) is 0. The van der Waals surface area contributed by atoms with Gasteiger partial charge in [-0.2, -0.15) is 0 Å². The molecule has 0 unspecified atom stereocenters. The molecule has 0 bridgehead atoms. The third kappa shape index (κ3) is 2.41. The lowest BCUT2D eigenvalue weighted by molar-refractivity contribution is 0.409. The highest BCUT2D eigenvalue weighted by Crippen LogP contribution is 2.32. The summed E-state index contributed by atoms with van der Waals surface area (Å²) in [5.74, 6) is 0.965. The van der Waals surface area contributed by atoms with Gasteiger partial charge in [0.05, 0.1) is 7.11 Å². The summed E-state index contributed by atoms with van der Waals surface area (Å²) in [6, 6.07) is 4.21. The van der Waals surface area contributed by atoms with Crippen LogP contribution in [-0.4, -0.2) is 13.4 Å². The largest absolute Gasteiger partial charge is 0.496 e. The van der Waals surface area contributed by atoms with Gasteiger partial charge in [-0.3, -0.25) is 0 Å². The van der Waals surface area contributed by atoms with Gasteiger partial charge in [0.1, 0.15) is 5.75 Å². The zero-order valence-corrected chi connectivity index (χ0v) is 10.5. The Kier molecular flexibility index (Phi) is 4.13. The SMILES string of the molecule is CCc1cc(SC)c(Br)cc1OC. The molecule has 0 radical (unpaired) electrons. The quantitative estimate of drug-likeness (QED) is 0.766. The first-order valence-electron chi connectivity index (χ1n) is 4.13. The zero-order valence-electron chi connectivity index (χ0n) is 8.06. The van der Waals surface area contributed by atoms with E-state index in [1.165, 1.54) is 10.5 Å². The van der Waals surface area contributed by atoms with Gasteiger partial charge >= 0.3 is 0 Å². The van der Waals surface area contributed by atoms with Crippen molar-refractivity contribution in [2.45, 2.75) is 18.2 Å². The van der Waals surface area contributed by atoms with E-state index < -0.39 is 0 Å². The van der Waals surface area contributed by atoms with Gasteiger partial charge < -0.3 is 4.74 Å². The highest BCUT2D eigenvalue weighted by Gasteiger charge is 2.06. The Morgan fingerprint density at radius 3 is 2.62 bits per heavy atom. The summed E-state index contributed by atoms with van der Waals surface area (Å²) >= 11 is 5.25. The fourth-order valence-corrected chi connectivity index (χ4v) is 2.52. The maximum absolute atomic E-state index is 5.28. The minimum Gasteiger partial charge on any atom is -0.496 e. The van der Waals surface area contributed by atoms with E-state index in [2.05, 4.69) is 35.2 Å². The van der Waals surface area contributed by atoms with Crippen LogP contribution in [-0.2, 0) is 6.42 Å². The Morgan fingerprint density at radius 1 is 1.46 bits per heavy atom. The van der Waals surface area contributed by atoms with Gasteiger partial charge in [-0.05, 0) is 46.3 Å². The molecule has 0 saturated heterocycles. The third-order valence-electron chi connectivity index (χ3n) is 1.94. The van der Waals surface area contributed by atoms with Crippen LogP contribution in [0, 0.1) is 0 Å². The average molecular weight is 261 g/mol. The number of hydrogen-bond acceptors (Lipinski definition) is 2. The minimum absolute atomic E-state index is 0.965. The van der Waals surface area contributed by atoms with Crippen molar-refractivity contribution < 1.29 is 4.74 Å². The van der Waals surface area contributed by atoms with E-state index in [0.717, 1.165) is 16.6 Å². The Balaban J connectivity index is 3.18. The Bertz CT molecular complexity index is 299. The number of methoxy groups -OCH3 is 1. The van der Waals surface area contributed by atoms with Crippen LogP contribution in [0.3, 0.4) is 0 Å². The molecule has 72 valence electrons. The van der Waals surface area contributed by atoms with Crippen molar-refractivity contribution in [3.63, 3.8) is 0 Å². The fraction of sp³-hybridized carbons (Fsp3) is 0.400. The van der Waals surface area contributed by atoms with Crippen LogP contribution in [0.4, 0.5) is 0 Å². The van der Waals surface area contributed by atoms with Crippen LogP contribution in [0.25, 0.3) is 0 Å². The van der Waals surface area contributed by atoms with Crippen LogP contribution >= 0.6 is 27.7 Å². The molecule has 1 nitrogen and oxygen atoms in total. The van der Waals surface area contributed by atoms with Crippen LogP contribution in [0.2, 0.25) is 0 Å². The minimum atomic E-state index is 0.965. The van der Waals surface area contributed by atoms with Gasteiger partial charge in [0.15, 0.2) is 0 Å². The lowest BCUT2D eigenvalue weighted by atomic mass is 10.1. The smallest absolute Gasteiger partial charge is 0.123 e. The Labute approximate surface area is 92.0 Å². The van der Waals surface area contributed by atoms with Crippen molar-refractivity contribution in [1.82, 2.24) is 0 Å². The molecular weight excluding hydrogens is 248 g/mol. The van der Waals surface area contributed by atoms with Crippen molar-refractivity contribution in [3.8, 4) is 5.75 Å². The van der Waals surface area contributed by atoms with Crippen LogP contribution in [0.1, 0.15) is 12.5 Å². The molecule has 0 saturated carbocycles. The van der Waals surface area contributed by atoms with Crippen molar-refractivity contribution in [3.05, 3.63) is 22.2 Å². The molecule has 3 heteroatoms. The van der Waals surface area contributed by atoms with Crippen molar-refractivity contribution >= 4 is 27.7 Å². The molecule has 0 aliphatic carbocycles. The molecule has 0 aliphatic rings. The summed E-state index contributed by atoms with van der Waals surface area (Å²) in [6.45, 7) is 2.13. The van der Waals surface area contributed by atoms with Crippen LogP contribution in [0.15, 0.2) is 21.5 Å². The van der Waals surface area contributed by atoms with Gasteiger partial charge in [0.25, 0.3) is 0 Å². The van der Waals surface area contributed by atoms with Gasteiger partial charge in [-0.15, -0.1) is 11.8 Å². The lowest BCUT2D eigenvalue weighted by Crippen LogP contribution is -1.91. The van der Waals surface area contributed by atoms with Gasteiger partial charge in [0, 0.05) is 9.37 Å². The molecule has 0 atom stereocenters. The first-order valence-corrected chi connectivity index (χ1v) is 6.15. The zero-order chi connectivity index (χ0) is 9.84. The molecule has 1 aromatic rings. The summed E-state index contributed by atoms with van der Waals surface area (Å²) in [5, 5.41) is 0. The summed E-state index contributed by atoms with van der Waals surface area (Å²) in [5.41, 5.74) is 1.26. The van der Waals surface area contributed by atoms with Crippen LogP contribution < -0.4 is 4.74 Å². The lowest BCUT2D eigenvalue weighted by Gasteiger charge is -2.09. The topological polar surface area (TPSA) is 9.23 Å². The maximum Gasteiger partial charge on any atom is 0.123 e. The Morgan fingerprint density at radius 2 is 2.15 bits per heavy atom. The predicted octanol–water partition coefficient (Wildman–Crippen LogP) is 3.74. The molecular formula is C10H13BrOS. The van der Waals surface area contributed by atoms with Gasteiger partial charge in [-0.25, -0.2) is 0 Å². The highest BCUT2D eigenvalue weighted by atomic mass is 79.9. The first-order chi connectivity index (χ1) is 6.22. The number of halogens is 1. The van der Waals surface area contributed by atoms with Crippen molar-refractivity contribution in [2.75, 3.05) is 13.4 Å². The third-order valence-corrected chi connectivity index (χ3v) is 3.63. The molecule has 0 aromatic heterocycles. The number of ether oxygens (including phenoxy) is 1.